The molecule has 0 spiro atoms. The molecule has 5 heterocycles. The van der Waals surface area contributed by atoms with Gasteiger partial charge in [0.05, 0.1) is 24.7 Å². The topological polar surface area (TPSA) is 107 Å². The molecule has 45 heavy (non-hydrogen) atoms. The van der Waals surface area contributed by atoms with Crippen molar-refractivity contribution in [3.63, 3.8) is 0 Å². The average molecular weight is 626 g/mol. The Hall–Kier alpha value is -4.36. The summed E-state index contributed by atoms with van der Waals surface area (Å²) in [4.78, 5) is 36.9. The molecule has 1 aliphatic rings. The van der Waals surface area contributed by atoms with Crippen LogP contribution in [0.15, 0.2) is 47.5 Å². The Balaban J connectivity index is 1.54. The van der Waals surface area contributed by atoms with Crippen LogP contribution in [0.5, 0.6) is 5.75 Å². The van der Waals surface area contributed by atoms with Crippen molar-refractivity contribution in [2.75, 3.05) is 45.7 Å². The molecule has 1 fully saturated rings. The second-order valence-corrected chi connectivity index (χ2v) is 11.2. The van der Waals surface area contributed by atoms with Crippen LogP contribution >= 0.6 is 0 Å². The minimum Gasteiger partial charge on any atom is -0.496 e. The van der Waals surface area contributed by atoms with Gasteiger partial charge < -0.3 is 24.8 Å². The fourth-order valence-electron chi connectivity index (χ4n) is 6.10. The van der Waals surface area contributed by atoms with E-state index in [-0.39, 0.29) is 37.1 Å². The van der Waals surface area contributed by atoms with Crippen LogP contribution in [0.1, 0.15) is 45.8 Å². The van der Waals surface area contributed by atoms with Crippen molar-refractivity contribution < 1.29 is 22.7 Å². The van der Waals surface area contributed by atoms with E-state index in [2.05, 4.69) is 25.5 Å². The number of aromatic amines is 1. The van der Waals surface area contributed by atoms with Crippen molar-refractivity contribution in [3.8, 4) is 16.9 Å². The lowest BCUT2D eigenvalue weighted by atomic mass is 9.99. The molecule has 0 saturated carbocycles. The largest absolute Gasteiger partial charge is 0.496 e. The number of anilines is 1. The first-order chi connectivity index (χ1) is 21.5. The van der Waals surface area contributed by atoms with E-state index in [4.69, 9.17) is 4.74 Å². The van der Waals surface area contributed by atoms with Gasteiger partial charge >= 0.3 is 0 Å². The van der Waals surface area contributed by atoms with Gasteiger partial charge in [0.1, 0.15) is 11.6 Å². The highest BCUT2D eigenvalue weighted by Gasteiger charge is 2.33. The molecule has 5 rings (SSSR count). The Morgan fingerprint density at radius 2 is 1.80 bits per heavy atom. The van der Waals surface area contributed by atoms with Crippen LogP contribution in [0, 0.1) is 13.8 Å². The number of carbonyl (C=O) groups excluding carboxylic acids is 1. The summed E-state index contributed by atoms with van der Waals surface area (Å²) in [5, 5.41) is 5.95. The third-order valence-corrected chi connectivity index (χ3v) is 8.55. The molecule has 10 nitrogen and oxygen atoms in total. The fourth-order valence-corrected chi connectivity index (χ4v) is 6.10. The van der Waals surface area contributed by atoms with Crippen LogP contribution < -0.4 is 20.9 Å². The lowest BCUT2D eigenvalue weighted by molar-refractivity contribution is -0.0688. The SMILES string of the molecule is CNc1cc(-c2ccn3c(C(C)N4CCN(C(F)C(F)F)CC4)c(C)c(C(=O)NCc4c(OC)cc(C)[nH]c4=O)cc23)ccn1. The number of nitrogens with zero attached hydrogens (tertiary/aromatic N) is 4. The van der Waals surface area contributed by atoms with Crippen molar-refractivity contribution in [2.45, 2.75) is 46.1 Å². The number of aromatic nitrogens is 3. The van der Waals surface area contributed by atoms with Crippen LogP contribution in [0.3, 0.4) is 0 Å². The number of piperazine rings is 1. The monoisotopic (exact) mass is 625 g/mol. The Bertz CT molecular complexity index is 1750. The summed E-state index contributed by atoms with van der Waals surface area (Å²) in [6.45, 7) is 6.65. The number of amides is 1. The Kier molecular flexibility index (Phi) is 9.49. The average Bonchev–Trinajstić information content (AvgIpc) is 3.46. The number of nitrogens with one attached hydrogen (secondary N) is 3. The maximum absolute atomic E-state index is 14.1. The number of fused-ring (bicyclic) bond motifs is 1. The fraction of sp³-hybridized carbons (Fsp3) is 0.406. The third kappa shape index (κ3) is 6.40. The molecular weight excluding hydrogens is 587 g/mol. The van der Waals surface area contributed by atoms with Crippen LogP contribution in [0.2, 0.25) is 0 Å². The summed E-state index contributed by atoms with van der Waals surface area (Å²) in [5.41, 5.74) is 5.16. The number of methoxy groups -OCH3 is 1. The number of halogens is 3. The molecule has 1 saturated heterocycles. The first-order valence-electron chi connectivity index (χ1n) is 14.8. The molecule has 0 bridgehead atoms. The van der Waals surface area contributed by atoms with E-state index in [0.29, 0.717) is 41.5 Å². The van der Waals surface area contributed by atoms with Crippen LogP contribution in [-0.2, 0) is 6.54 Å². The summed E-state index contributed by atoms with van der Waals surface area (Å²) in [5.74, 6) is 0.701. The molecule has 4 aromatic rings. The Labute approximate surface area is 259 Å². The van der Waals surface area contributed by atoms with Crippen molar-refractivity contribution in [1.82, 2.24) is 29.5 Å². The standard InChI is InChI=1S/C32H38F3N7O3/c1-18-14-26(45-5)24(32(44)39-18)17-38-31(43)23-16-25-22(21-6-8-37-27(15-21)36-4)7-9-42(25)28(19(23)2)20(3)40-10-12-41(13-11-40)30(35)29(33)34/h6-9,14-16,20,29-30H,10-13,17H2,1-5H3,(H,36,37)(H,38,43)(H,39,44). The summed E-state index contributed by atoms with van der Waals surface area (Å²) < 4.78 is 47.5. The number of hydrogen-bond acceptors (Lipinski definition) is 7. The maximum atomic E-state index is 14.1. The molecule has 2 unspecified atom stereocenters. The quantitative estimate of drug-likeness (QED) is 0.223. The lowest BCUT2D eigenvalue weighted by Crippen LogP contribution is -2.51. The zero-order valence-corrected chi connectivity index (χ0v) is 26.0. The molecule has 1 amide bonds. The summed E-state index contributed by atoms with van der Waals surface area (Å²) in [7, 11) is 3.26. The van der Waals surface area contributed by atoms with Gasteiger partial charge in [-0.05, 0) is 62.2 Å². The van der Waals surface area contributed by atoms with Gasteiger partial charge in [0, 0.05) is 74.2 Å². The predicted molar refractivity (Wildman–Crippen MR) is 167 cm³/mol. The highest BCUT2D eigenvalue weighted by Crippen LogP contribution is 2.34. The van der Waals surface area contributed by atoms with E-state index in [1.165, 1.54) is 7.11 Å². The number of alkyl halides is 3. The molecule has 2 atom stereocenters. The minimum atomic E-state index is -3.06. The number of ether oxygens (including phenoxy) is 1. The summed E-state index contributed by atoms with van der Waals surface area (Å²) in [6.07, 6.45) is -1.69. The van der Waals surface area contributed by atoms with Gasteiger partial charge in [0.25, 0.3) is 17.9 Å². The molecule has 13 heteroatoms. The number of H-pyrrole nitrogens is 1. The lowest BCUT2D eigenvalue weighted by Gasteiger charge is -2.39. The Morgan fingerprint density at radius 3 is 2.47 bits per heavy atom. The summed E-state index contributed by atoms with van der Waals surface area (Å²) >= 11 is 0. The highest BCUT2D eigenvalue weighted by molar-refractivity contribution is 5.98. The highest BCUT2D eigenvalue weighted by atomic mass is 19.3. The van der Waals surface area contributed by atoms with Crippen LogP contribution in [-0.4, -0.2) is 83.1 Å². The zero-order chi connectivity index (χ0) is 32.4. The smallest absolute Gasteiger partial charge is 0.282 e. The number of hydrogen-bond donors (Lipinski definition) is 3. The van der Waals surface area contributed by atoms with E-state index in [0.717, 1.165) is 32.8 Å². The molecule has 1 aliphatic heterocycles. The van der Waals surface area contributed by atoms with Crippen molar-refractivity contribution in [1.29, 1.82) is 0 Å². The Morgan fingerprint density at radius 1 is 1.09 bits per heavy atom. The third-order valence-electron chi connectivity index (χ3n) is 8.55. The zero-order valence-electron chi connectivity index (χ0n) is 26.0. The first-order valence-corrected chi connectivity index (χ1v) is 14.8. The van der Waals surface area contributed by atoms with Gasteiger partial charge in [-0.3, -0.25) is 19.4 Å². The van der Waals surface area contributed by atoms with E-state index in [9.17, 15) is 22.8 Å². The number of carbonyl (C=O) groups is 1. The van der Waals surface area contributed by atoms with Gasteiger partial charge in [0.15, 0.2) is 0 Å². The minimum absolute atomic E-state index is 0.0482. The first kappa shape index (κ1) is 32.0. The maximum Gasteiger partial charge on any atom is 0.282 e. The molecule has 240 valence electrons. The number of aryl methyl sites for hydroxylation is 1. The van der Waals surface area contributed by atoms with Crippen molar-refractivity contribution in [2.24, 2.45) is 0 Å². The van der Waals surface area contributed by atoms with Crippen LogP contribution in [0.25, 0.3) is 16.6 Å². The molecule has 3 N–H and O–H groups in total. The van der Waals surface area contributed by atoms with Gasteiger partial charge in [-0.25, -0.2) is 18.2 Å². The van der Waals surface area contributed by atoms with Crippen LogP contribution in [0.4, 0.5) is 19.0 Å². The van der Waals surface area contributed by atoms with E-state index >= 15 is 0 Å². The molecular formula is C32H38F3N7O3. The van der Waals surface area contributed by atoms with E-state index in [1.807, 2.05) is 48.7 Å². The number of rotatable bonds is 10. The normalized spacial score (nSPS) is 15.8. The van der Waals surface area contributed by atoms with Gasteiger partial charge in [-0.2, -0.15) is 0 Å². The van der Waals surface area contributed by atoms with E-state index < -0.39 is 12.7 Å². The van der Waals surface area contributed by atoms with Gasteiger partial charge in [-0.1, -0.05) is 0 Å². The molecule has 0 radical (unpaired) electrons. The van der Waals surface area contributed by atoms with E-state index in [1.54, 1.807) is 26.2 Å². The second kappa shape index (κ2) is 13.3. The summed E-state index contributed by atoms with van der Waals surface area (Å²) in [6, 6.07) is 9.09. The van der Waals surface area contributed by atoms with Gasteiger partial charge in [-0.15, -0.1) is 0 Å². The molecule has 0 aliphatic carbocycles. The van der Waals surface area contributed by atoms with Crippen molar-refractivity contribution in [3.05, 3.63) is 81.2 Å². The number of pyridine rings is 3. The molecule has 0 aromatic carbocycles. The van der Waals surface area contributed by atoms with Crippen molar-refractivity contribution >= 4 is 17.2 Å². The second-order valence-electron chi connectivity index (χ2n) is 11.2. The predicted octanol–water partition coefficient (Wildman–Crippen LogP) is 4.53. The van der Waals surface area contributed by atoms with Gasteiger partial charge in [0.2, 0.25) is 6.30 Å². The molecule has 4 aromatic heterocycles.